The zero-order valence-electron chi connectivity index (χ0n) is 14.4. The van der Waals surface area contributed by atoms with Gasteiger partial charge in [-0.15, -0.1) is 0 Å². The van der Waals surface area contributed by atoms with Gasteiger partial charge in [0.15, 0.2) is 0 Å². The highest BCUT2D eigenvalue weighted by atomic mass is 16.2. The minimum atomic E-state index is 0.00895. The first-order valence-electron chi connectivity index (χ1n) is 8.63. The van der Waals surface area contributed by atoms with Crippen LogP contribution in [0, 0.1) is 5.92 Å². The van der Waals surface area contributed by atoms with Gasteiger partial charge >= 0.3 is 0 Å². The van der Waals surface area contributed by atoms with Gasteiger partial charge in [0.05, 0.1) is 0 Å². The van der Waals surface area contributed by atoms with E-state index in [1.54, 1.807) is 6.07 Å². The summed E-state index contributed by atoms with van der Waals surface area (Å²) in [6.07, 6.45) is 3.62. The van der Waals surface area contributed by atoms with Crippen LogP contribution in [0.1, 0.15) is 37.2 Å². The lowest BCUT2D eigenvalue weighted by Crippen LogP contribution is -2.38. The predicted molar refractivity (Wildman–Crippen MR) is 95.5 cm³/mol. The van der Waals surface area contributed by atoms with Crippen LogP contribution in [0.4, 0.5) is 11.5 Å². The maximum absolute atomic E-state index is 12.7. The molecule has 1 amide bonds. The van der Waals surface area contributed by atoms with Crippen LogP contribution in [-0.4, -0.2) is 40.4 Å². The first-order valence-corrected chi connectivity index (χ1v) is 8.63. The predicted octanol–water partition coefficient (Wildman–Crippen LogP) is 3.51. The van der Waals surface area contributed by atoms with E-state index < -0.39 is 0 Å². The fourth-order valence-corrected chi connectivity index (χ4v) is 3.07. The van der Waals surface area contributed by atoms with Crippen molar-refractivity contribution in [1.82, 2.24) is 14.9 Å². The van der Waals surface area contributed by atoms with Crippen LogP contribution in [0.25, 0.3) is 0 Å². The summed E-state index contributed by atoms with van der Waals surface area (Å²) in [6.45, 7) is 6.72. The summed E-state index contributed by atoms with van der Waals surface area (Å²) in [5.41, 5.74) is 1.54. The van der Waals surface area contributed by atoms with E-state index >= 15 is 0 Å². The minimum absolute atomic E-state index is 0.00895. The summed E-state index contributed by atoms with van der Waals surface area (Å²) < 4.78 is 0. The van der Waals surface area contributed by atoms with Crippen molar-refractivity contribution in [1.29, 1.82) is 0 Å². The van der Waals surface area contributed by atoms with Crippen LogP contribution in [0.3, 0.4) is 0 Å². The Morgan fingerprint density at radius 3 is 2.58 bits per heavy atom. The van der Waals surface area contributed by atoms with Crippen molar-refractivity contribution in [2.24, 2.45) is 5.92 Å². The molecule has 1 saturated heterocycles. The normalized spacial score (nSPS) is 15.3. The third-order valence-corrected chi connectivity index (χ3v) is 4.60. The highest BCUT2D eigenvalue weighted by Gasteiger charge is 2.23. The molecule has 0 N–H and O–H groups in total. The van der Waals surface area contributed by atoms with Crippen molar-refractivity contribution >= 4 is 17.4 Å². The molecule has 24 heavy (non-hydrogen) atoms. The number of para-hydroxylation sites is 1. The number of nitrogens with zero attached hydrogens (tertiary/aromatic N) is 4. The van der Waals surface area contributed by atoms with Crippen LogP contribution >= 0.6 is 0 Å². The van der Waals surface area contributed by atoms with E-state index in [1.807, 2.05) is 35.2 Å². The Morgan fingerprint density at radius 2 is 1.92 bits per heavy atom. The lowest BCUT2D eigenvalue weighted by Gasteiger charge is -2.30. The molecule has 0 aliphatic carbocycles. The number of carbonyl (C=O) groups excluding carboxylic acids is 1. The molecule has 1 aromatic carbocycles. The maximum Gasteiger partial charge on any atom is 0.272 e. The van der Waals surface area contributed by atoms with Crippen molar-refractivity contribution in [3.8, 4) is 0 Å². The second-order valence-corrected chi connectivity index (χ2v) is 6.32. The number of anilines is 2. The molecule has 0 atom stereocenters. The monoisotopic (exact) mass is 324 g/mol. The molecular weight excluding hydrogens is 300 g/mol. The zero-order chi connectivity index (χ0) is 16.9. The molecule has 2 aromatic rings. The van der Waals surface area contributed by atoms with Gasteiger partial charge in [-0.1, -0.05) is 25.1 Å². The largest absolute Gasteiger partial charge is 0.337 e. The number of hydrogen-bond acceptors (Lipinski definition) is 4. The van der Waals surface area contributed by atoms with Crippen molar-refractivity contribution in [2.45, 2.75) is 26.7 Å². The Labute approximate surface area is 143 Å². The fraction of sp³-hybridized carbons (Fsp3) is 0.421. The molecule has 5 heteroatoms. The average molecular weight is 324 g/mol. The molecule has 0 radical (unpaired) electrons. The molecule has 1 aromatic heterocycles. The highest BCUT2D eigenvalue weighted by Crippen LogP contribution is 2.24. The lowest BCUT2D eigenvalue weighted by molar-refractivity contribution is 0.0691. The number of rotatable bonds is 4. The van der Waals surface area contributed by atoms with Crippen LogP contribution in [0.15, 0.2) is 42.7 Å². The van der Waals surface area contributed by atoms with Gasteiger partial charge in [0.2, 0.25) is 0 Å². The highest BCUT2D eigenvalue weighted by molar-refractivity contribution is 5.93. The van der Waals surface area contributed by atoms with E-state index in [-0.39, 0.29) is 5.91 Å². The van der Waals surface area contributed by atoms with Crippen molar-refractivity contribution in [3.63, 3.8) is 0 Å². The summed E-state index contributed by atoms with van der Waals surface area (Å²) in [6, 6.07) is 11.9. The molecule has 5 nitrogen and oxygen atoms in total. The van der Waals surface area contributed by atoms with Gasteiger partial charge in [-0.25, -0.2) is 9.97 Å². The van der Waals surface area contributed by atoms with Gasteiger partial charge in [0, 0.05) is 31.4 Å². The molecule has 2 heterocycles. The van der Waals surface area contributed by atoms with E-state index in [9.17, 15) is 4.79 Å². The second-order valence-electron chi connectivity index (χ2n) is 6.32. The van der Waals surface area contributed by atoms with E-state index in [1.165, 1.54) is 6.33 Å². The molecule has 1 aliphatic heterocycles. The number of carbonyl (C=O) groups is 1. The quantitative estimate of drug-likeness (QED) is 0.863. The van der Waals surface area contributed by atoms with Gasteiger partial charge in [-0.3, -0.25) is 4.79 Å². The SMILES string of the molecule is CCN(c1ccccc1)c1cc(C(=O)N2CCC(C)CC2)ncn1. The van der Waals surface area contributed by atoms with Crippen molar-refractivity contribution < 1.29 is 4.79 Å². The third-order valence-electron chi connectivity index (χ3n) is 4.60. The fourth-order valence-electron chi connectivity index (χ4n) is 3.07. The Kier molecular flexibility index (Phi) is 5.08. The topological polar surface area (TPSA) is 49.3 Å². The molecule has 3 rings (SSSR count). The molecule has 0 bridgehead atoms. The first kappa shape index (κ1) is 16.4. The number of hydrogen-bond donors (Lipinski definition) is 0. The molecule has 126 valence electrons. The Hall–Kier alpha value is -2.43. The van der Waals surface area contributed by atoms with Gasteiger partial charge in [-0.2, -0.15) is 0 Å². The molecule has 0 saturated carbocycles. The smallest absolute Gasteiger partial charge is 0.272 e. The van der Waals surface area contributed by atoms with Crippen LogP contribution in [0.2, 0.25) is 0 Å². The zero-order valence-corrected chi connectivity index (χ0v) is 14.4. The number of piperidine rings is 1. The van der Waals surface area contributed by atoms with Gasteiger partial charge in [0.1, 0.15) is 17.8 Å². The maximum atomic E-state index is 12.7. The van der Waals surface area contributed by atoms with E-state index in [4.69, 9.17) is 0 Å². The molecule has 0 unspecified atom stereocenters. The summed E-state index contributed by atoms with van der Waals surface area (Å²) in [5, 5.41) is 0. The van der Waals surface area contributed by atoms with Crippen LogP contribution in [0.5, 0.6) is 0 Å². The van der Waals surface area contributed by atoms with Crippen molar-refractivity contribution in [3.05, 3.63) is 48.4 Å². The average Bonchev–Trinajstić information content (AvgIpc) is 2.64. The number of likely N-dealkylation sites (tertiary alicyclic amines) is 1. The van der Waals surface area contributed by atoms with Crippen LogP contribution in [-0.2, 0) is 0 Å². The summed E-state index contributed by atoms with van der Waals surface area (Å²) in [5.74, 6) is 1.46. The second kappa shape index (κ2) is 7.43. The van der Waals surface area contributed by atoms with Gasteiger partial charge in [0.25, 0.3) is 5.91 Å². The molecule has 1 aliphatic rings. The Morgan fingerprint density at radius 1 is 1.21 bits per heavy atom. The summed E-state index contributed by atoms with van der Waals surface area (Å²) >= 11 is 0. The first-order chi connectivity index (χ1) is 11.7. The minimum Gasteiger partial charge on any atom is -0.337 e. The van der Waals surface area contributed by atoms with Crippen molar-refractivity contribution in [2.75, 3.05) is 24.5 Å². The molecular formula is C19H24N4O. The van der Waals surface area contributed by atoms with E-state index in [0.717, 1.165) is 44.0 Å². The standard InChI is InChI=1S/C19H24N4O/c1-3-23(16-7-5-4-6-8-16)18-13-17(20-14-21-18)19(24)22-11-9-15(2)10-12-22/h4-8,13-15H,3,9-12H2,1-2H3. The van der Waals surface area contributed by atoms with E-state index in [0.29, 0.717) is 11.6 Å². The van der Waals surface area contributed by atoms with E-state index in [2.05, 4.69) is 28.7 Å². The number of benzene rings is 1. The Bertz CT molecular complexity index is 681. The lowest BCUT2D eigenvalue weighted by atomic mass is 9.99. The summed E-state index contributed by atoms with van der Waals surface area (Å²) in [4.78, 5) is 25.3. The number of amides is 1. The van der Waals surface area contributed by atoms with Crippen LogP contribution < -0.4 is 4.90 Å². The van der Waals surface area contributed by atoms with Gasteiger partial charge in [-0.05, 0) is 37.8 Å². The molecule has 0 spiro atoms. The third kappa shape index (κ3) is 3.55. The molecule has 1 fully saturated rings. The Balaban J connectivity index is 1.82. The van der Waals surface area contributed by atoms with Gasteiger partial charge < -0.3 is 9.80 Å². The summed E-state index contributed by atoms with van der Waals surface area (Å²) in [7, 11) is 0. The number of aromatic nitrogens is 2.